The van der Waals surface area contributed by atoms with Crippen molar-refractivity contribution in [2.45, 2.75) is 13.5 Å². The molecule has 5 nitrogen and oxygen atoms in total. The van der Waals surface area contributed by atoms with Crippen molar-refractivity contribution in [3.8, 4) is 5.13 Å². The molecule has 7 heteroatoms. The molecule has 0 bridgehead atoms. The van der Waals surface area contributed by atoms with Gasteiger partial charge in [-0.05, 0) is 30.7 Å². The van der Waals surface area contributed by atoms with Gasteiger partial charge in [0, 0.05) is 5.38 Å². The second-order valence-corrected chi connectivity index (χ2v) is 5.48. The molecule has 0 unspecified atom stereocenters. The van der Waals surface area contributed by atoms with Gasteiger partial charge in [0.15, 0.2) is 0 Å². The minimum absolute atomic E-state index is 0.215. The predicted molar refractivity (Wildman–Crippen MR) is 83.0 cm³/mol. The van der Waals surface area contributed by atoms with Crippen LogP contribution >= 0.6 is 11.3 Å². The summed E-state index contributed by atoms with van der Waals surface area (Å²) in [5.74, 6) is -0.279. The molecule has 0 spiro atoms. The Balaban J connectivity index is 1.98. The molecule has 0 atom stereocenters. The second-order valence-electron chi connectivity index (χ2n) is 4.65. The fourth-order valence-electron chi connectivity index (χ4n) is 1.93. The summed E-state index contributed by atoms with van der Waals surface area (Å²) in [6, 6.07) is 6.14. The number of nitrogens with zero attached hydrogens (tertiary/aromatic N) is 4. The lowest BCUT2D eigenvalue weighted by atomic mass is 10.2. The first kappa shape index (κ1) is 14.6. The summed E-state index contributed by atoms with van der Waals surface area (Å²) in [5, 5.41) is 20.0. The van der Waals surface area contributed by atoms with Gasteiger partial charge in [0.05, 0.1) is 18.0 Å². The SMILES string of the molecule is Cc1csc(-n2nnc(CO)c2/C=C/c2ccc(F)cc2)n1. The molecule has 22 heavy (non-hydrogen) atoms. The smallest absolute Gasteiger partial charge is 0.212 e. The number of aryl methyl sites for hydroxylation is 1. The lowest BCUT2D eigenvalue weighted by Crippen LogP contribution is -1.99. The van der Waals surface area contributed by atoms with E-state index in [-0.39, 0.29) is 12.4 Å². The van der Waals surface area contributed by atoms with Gasteiger partial charge in [-0.3, -0.25) is 0 Å². The molecule has 2 heterocycles. The van der Waals surface area contributed by atoms with Gasteiger partial charge in [-0.1, -0.05) is 23.4 Å². The van der Waals surface area contributed by atoms with Crippen molar-refractivity contribution in [2.24, 2.45) is 0 Å². The lowest BCUT2D eigenvalue weighted by Gasteiger charge is -2.00. The first-order chi connectivity index (χ1) is 10.7. The van der Waals surface area contributed by atoms with Crippen LogP contribution in [0.4, 0.5) is 4.39 Å². The van der Waals surface area contributed by atoms with Crippen molar-refractivity contribution >= 4 is 23.5 Å². The summed E-state index contributed by atoms with van der Waals surface area (Å²) in [7, 11) is 0. The van der Waals surface area contributed by atoms with Crippen LogP contribution in [0.15, 0.2) is 29.6 Å². The second kappa shape index (κ2) is 6.17. The van der Waals surface area contributed by atoms with Gasteiger partial charge in [0.25, 0.3) is 0 Å². The van der Waals surface area contributed by atoms with E-state index in [1.54, 1.807) is 22.9 Å². The van der Waals surface area contributed by atoms with Crippen molar-refractivity contribution in [3.63, 3.8) is 0 Å². The van der Waals surface area contributed by atoms with E-state index in [2.05, 4.69) is 15.3 Å². The lowest BCUT2D eigenvalue weighted by molar-refractivity contribution is 0.276. The highest BCUT2D eigenvalue weighted by Crippen LogP contribution is 2.19. The number of rotatable bonds is 4. The number of benzene rings is 1. The van der Waals surface area contributed by atoms with Crippen LogP contribution < -0.4 is 0 Å². The predicted octanol–water partition coefficient (Wildman–Crippen LogP) is 2.83. The van der Waals surface area contributed by atoms with Crippen LogP contribution in [0.1, 0.15) is 22.6 Å². The molecule has 0 amide bonds. The molecule has 0 aliphatic carbocycles. The Morgan fingerprint density at radius 3 is 2.68 bits per heavy atom. The van der Waals surface area contributed by atoms with Gasteiger partial charge >= 0.3 is 0 Å². The summed E-state index contributed by atoms with van der Waals surface area (Å²) in [6.07, 6.45) is 3.60. The van der Waals surface area contributed by atoms with E-state index in [4.69, 9.17) is 0 Å². The quantitative estimate of drug-likeness (QED) is 0.804. The Morgan fingerprint density at radius 2 is 2.05 bits per heavy atom. The van der Waals surface area contributed by atoms with Crippen molar-refractivity contribution in [3.05, 3.63) is 58.1 Å². The zero-order valence-corrected chi connectivity index (χ0v) is 12.6. The Morgan fingerprint density at radius 1 is 1.27 bits per heavy atom. The van der Waals surface area contributed by atoms with E-state index in [9.17, 15) is 9.50 Å². The van der Waals surface area contributed by atoms with Crippen LogP contribution in [0.2, 0.25) is 0 Å². The highest BCUT2D eigenvalue weighted by molar-refractivity contribution is 7.12. The van der Waals surface area contributed by atoms with E-state index in [0.717, 1.165) is 11.3 Å². The molecule has 3 aromatic rings. The van der Waals surface area contributed by atoms with Crippen LogP contribution in [0.5, 0.6) is 0 Å². The van der Waals surface area contributed by atoms with Gasteiger partial charge in [-0.15, -0.1) is 16.4 Å². The Kier molecular flexibility index (Phi) is 4.08. The number of aliphatic hydroxyl groups excluding tert-OH is 1. The normalized spacial score (nSPS) is 11.4. The maximum atomic E-state index is 12.9. The first-order valence-corrected chi connectivity index (χ1v) is 7.47. The number of aromatic nitrogens is 4. The topological polar surface area (TPSA) is 63.8 Å². The van der Waals surface area contributed by atoms with Crippen molar-refractivity contribution < 1.29 is 9.50 Å². The highest BCUT2D eigenvalue weighted by atomic mass is 32.1. The minimum Gasteiger partial charge on any atom is -0.390 e. The van der Waals surface area contributed by atoms with Crippen LogP contribution in [0.3, 0.4) is 0 Å². The summed E-state index contributed by atoms with van der Waals surface area (Å²) >= 11 is 1.45. The average molecular weight is 316 g/mol. The zero-order valence-electron chi connectivity index (χ0n) is 11.8. The van der Waals surface area contributed by atoms with E-state index in [1.165, 1.54) is 23.5 Å². The van der Waals surface area contributed by atoms with Crippen LogP contribution in [0, 0.1) is 12.7 Å². The van der Waals surface area contributed by atoms with Crippen molar-refractivity contribution in [1.82, 2.24) is 20.0 Å². The number of halogens is 1. The fraction of sp³-hybridized carbons (Fsp3) is 0.133. The molecule has 0 radical (unpaired) electrons. The third-order valence-electron chi connectivity index (χ3n) is 3.02. The van der Waals surface area contributed by atoms with E-state index < -0.39 is 0 Å². The molecule has 0 saturated carbocycles. The van der Waals surface area contributed by atoms with Crippen LogP contribution in [0.25, 0.3) is 17.3 Å². The highest BCUT2D eigenvalue weighted by Gasteiger charge is 2.13. The molecule has 112 valence electrons. The van der Waals surface area contributed by atoms with Gasteiger partial charge < -0.3 is 5.11 Å². The zero-order chi connectivity index (χ0) is 15.5. The molecule has 0 aliphatic heterocycles. The van der Waals surface area contributed by atoms with Gasteiger partial charge in [0.2, 0.25) is 5.13 Å². The largest absolute Gasteiger partial charge is 0.390 e. The van der Waals surface area contributed by atoms with Crippen molar-refractivity contribution in [1.29, 1.82) is 0 Å². The van der Waals surface area contributed by atoms with Gasteiger partial charge in [0.1, 0.15) is 11.5 Å². The number of aliphatic hydroxyl groups is 1. The third kappa shape index (κ3) is 2.95. The molecular formula is C15H13FN4OS. The van der Waals surface area contributed by atoms with Crippen LogP contribution in [-0.2, 0) is 6.61 Å². The Hall–Kier alpha value is -2.38. The molecule has 1 aromatic carbocycles. The summed E-state index contributed by atoms with van der Waals surface area (Å²) in [4.78, 5) is 4.37. The molecule has 1 N–H and O–H groups in total. The molecule has 2 aromatic heterocycles. The monoisotopic (exact) mass is 316 g/mol. The van der Waals surface area contributed by atoms with Crippen LogP contribution in [-0.4, -0.2) is 25.1 Å². The number of thiazole rings is 1. The first-order valence-electron chi connectivity index (χ1n) is 6.59. The summed E-state index contributed by atoms with van der Waals surface area (Å²) in [5.41, 5.74) is 2.86. The Bertz CT molecular complexity index is 807. The molecule has 3 rings (SSSR count). The van der Waals surface area contributed by atoms with Crippen molar-refractivity contribution in [2.75, 3.05) is 0 Å². The van der Waals surface area contributed by atoms with E-state index >= 15 is 0 Å². The maximum absolute atomic E-state index is 12.9. The van der Waals surface area contributed by atoms with Gasteiger partial charge in [-0.2, -0.15) is 4.68 Å². The van der Waals surface area contributed by atoms with E-state index in [0.29, 0.717) is 16.5 Å². The van der Waals surface area contributed by atoms with E-state index in [1.807, 2.05) is 18.4 Å². The van der Waals surface area contributed by atoms with Gasteiger partial charge in [-0.25, -0.2) is 9.37 Å². The molecule has 0 aliphatic rings. The molecule has 0 saturated heterocycles. The minimum atomic E-state index is -0.279. The Labute approximate surface area is 130 Å². The fourth-order valence-corrected chi connectivity index (χ4v) is 2.69. The summed E-state index contributed by atoms with van der Waals surface area (Å²) in [6.45, 7) is 1.69. The number of hydrogen-bond acceptors (Lipinski definition) is 5. The number of hydrogen-bond donors (Lipinski definition) is 1. The maximum Gasteiger partial charge on any atom is 0.212 e. The average Bonchev–Trinajstić information content (AvgIpc) is 3.12. The summed E-state index contributed by atoms with van der Waals surface area (Å²) < 4.78 is 14.5. The third-order valence-corrected chi connectivity index (χ3v) is 3.95. The standard InChI is InChI=1S/C15H13FN4OS/c1-10-9-22-15(17-10)20-14(13(8-21)18-19-20)7-4-11-2-5-12(16)6-3-11/h2-7,9,21H,8H2,1H3/b7-4+. The molecule has 0 fully saturated rings. The molecular weight excluding hydrogens is 303 g/mol.